The Morgan fingerprint density at radius 3 is 2.71 bits per heavy atom. The van der Waals surface area contributed by atoms with E-state index in [1.165, 1.54) is 34.9 Å². The van der Waals surface area contributed by atoms with Crippen molar-refractivity contribution in [3.8, 4) is 0 Å². The number of thioether (sulfide) groups is 1. The third-order valence-electron chi connectivity index (χ3n) is 3.47. The molecule has 1 unspecified atom stereocenters. The van der Waals surface area contributed by atoms with E-state index in [1.807, 2.05) is 6.92 Å². The summed E-state index contributed by atoms with van der Waals surface area (Å²) in [6, 6.07) is 10.7. The highest BCUT2D eigenvalue weighted by molar-refractivity contribution is 8.00. The largest absolute Gasteiger partial charge is 0.295 e. The molecule has 1 saturated heterocycles. The van der Waals surface area contributed by atoms with E-state index >= 15 is 0 Å². The summed E-state index contributed by atoms with van der Waals surface area (Å²) in [7, 11) is 0. The molecule has 0 aromatic heterocycles. The van der Waals surface area contributed by atoms with Gasteiger partial charge in [0.05, 0.1) is 11.4 Å². The Labute approximate surface area is 125 Å². The van der Waals surface area contributed by atoms with Gasteiger partial charge in [-0.2, -0.15) is 0 Å². The van der Waals surface area contributed by atoms with E-state index in [2.05, 4.69) is 0 Å². The summed E-state index contributed by atoms with van der Waals surface area (Å²) in [6.45, 7) is 1.81. The summed E-state index contributed by atoms with van der Waals surface area (Å²) in [5, 5.41) is -0.459. The van der Waals surface area contributed by atoms with E-state index < -0.39 is 11.2 Å². The van der Waals surface area contributed by atoms with Crippen molar-refractivity contribution >= 4 is 23.4 Å². The van der Waals surface area contributed by atoms with Crippen LogP contribution < -0.4 is 4.90 Å². The van der Waals surface area contributed by atoms with Gasteiger partial charge in [0.25, 0.3) is 0 Å². The number of carbonyl (C=O) groups is 1. The Morgan fingerprint density at radius 1 is 1.19 bits per heavy atom. The van der Waals surface area contributed by atoms with Gasteiger partial charge >= 0.3 is 0 Å². The molecule has 1 aliphatic rings. The van der Waals surface area contributed by atoms with E-state index in [-0.39, 0.29) is 17.5 Å². The molecule has 3 rings (SSSR count). The maximum Gasteiger partial charge on any atom is 0.238 e. The molecular weight excluding hydrogens is 292 g/mol. The van der Waals surface area contributed by atoms with Crippen LogP contribution in [0.4, 0.5) is 14.5 Å². The Bertz CT molecular complexity index is 704. The average molecular weight is 305 g/mol. The number of halogens is 2. The third-order valence-corrected chi connectivity index (χ3v) is 4.66. The normalized spacial score (nSPS) is 18.3. The average Bonchev–Trinajstić information content (AvgIpc) is 2.84. The van der Waals surface area contributed by atoms with Crippen molar-refractivity contribution in [2.45, 2.75) is 12.3 Å². The summed E-state index contributed by atoms with van der Waals surface area (Å²) in [5.41, 5.74) is 1.73. The second-order valence-corrected chi connectivity index (χ2v) is 5.95. The van der Waals surface area contributed by atoms with Crippen LogP contribution in [0.5, 0.6) is 0 Å². The van der Waals surface area contributed by atoms with Gasteiger partial charge in [0, 0.05) is 5.56 Å². The molecule has 0 N–H and O–H groups in total. The minimum atomic E-state index is -0.459. The van der Waals surface area contributed by atoms with Gasteiger partial charge in [0.2, 0.25) is 5.91 Å². The molecule has 0 bridgehead atoms. The Hall–Kier alpha value is -1.88. The molecule has 0 spiro atoms. The van der Waals surface area contributed by atoms with Crippen molar-refractivity contribution in [1.82, 2.24) is 0 Å². The number of hydrogen-bond acceptors (Lipinski definition) is 2. The third kappa shape index (κ3) is 2.53. The molecule has 0 saturated carbocycles. The zero-order valence-corrected chi connectivity index (χ0v) is 12.2. The Balaban J connectivity index is 2.08. The molecular formula is C16H13F2NOS. The lowest BCUT2D eigenvalue weighted by atomic mass is 10.1. The smallest absolute Gasteiger partial charge is 0.238 e. The number of benzene rings is 2. The van der Waals surface area contributed by atoms with Crippen LogP contribution in [0.3, 0.4) is 0 Å². The van der Waals surface area contributed by atoms with Crippen molar-refractivity contribution in [1.29, 1.82) is 0 Å². The first kappa shape index (κ1) is 14.1. The number of nitrogens with zero attached hydrogens (tertiary/aromatic N) is 1. The molecule has 2 aromatic carbocycles. The van der Waals surface area contributed by atoms with Crippen LogP contribution in [0.25, 0.3) is 0 Å². The number of anilines is 1. The van der Waals surface area contributed by atoms with Crippen molar-refractivity contribution in [3.05, 3.63) is 65.2 Å². The quantitative estimate of drug-likeness (QED) is 0.834. The van der Waals surface area contributed by atoms with Crippen molar-refractivity contribution < 1.29 is 13.6 Å². The van der Waals surface area contributed by atoms with Crippen molar-refractivity contribution in [2.24, 2.45) is 0 Å². The predicted molar refractivity (Wildman–Crippen MR) is 80.2 cm³/mol. The van der Waals surface area contributed by atoms with E-state index in [0.717, 1.165) is 5.56 Å². The van der Waals surface area contributed by atoms with Crippen LogP contribution in [-0.2, 0) is 4.79 Å². The summed E-state index contributed by atoms with van der Waals surface area (Å²) in [4.78, 5) is 13.7. The molecule has 1 fully saturated rings. The maximum atomic E-state index is 14.0. The van der Waals surface area contributed by atoms with Gasteiger partial charge in [-0.3, -0.25) is 9.69 Å². The number of amides is 1. The maximum absolute atomic E-state index is 14.0. The molecule has 21 heavy (non-hydrogen) atoms. The Morgan fingerprint density at radius 2 is 1.95 bits per heavy atom. The molecule has 2 nitrogen and oxygen atoms in total. The van der Waals surface area contributed by atoms with Gasteiger partial charge < -0.3 is 0 Å². The molecule has 1 heterocycles. The van der Waals surface area contributed by atoms with E-state index in [9.17, 15) is 13.6 Å². The number of hydrogen-bond donors (Lipinski definition) is 0. The van der Waals surface area contributed by atoms with Crippen LogP contribution in [0, 0.1) is 18.6 Å². The minimum absolute atomic E-state index is 0.137. The molecule has 108 valence electrons. The number of aryl methyl sites for hydroxylation is 1. The van der Waals surface area contributed by atoms with Crippen LogP contribution in [-0.4, -0.2) is 11.7 Å². The highest BCUT2D eigenvalue weighted by atomic mass is 32.2. The fourth-order valence-electron chi connectivity index (χ4n) is 2.43. The lowest BCUT2D eigenvalue weighted by Crippen LogP contribution is -2.29. The summed E-state index contributed by atoms with van der Waals surface area (Å²) < 4.78 is 27.5. The monoisotopic (exact) mass is 305 g/mol. The molecule has 5 heteroatoms. The fourth-order valence-corrected chi connectivity index (χ4v) is 3.62. The summed E-state index contributed by atoms with van der Waals surface area (Å²) >= 11 is 1.35. The molecule has 1 amide bonds. The van der Waals surface area contributed by atoms with Crippen molar-refractivity contribution in [3.63, 3.8) is 0 Å². The van der Waals surface area contributed by atoms with Gasteiger partial charge in [-0.25, -0.2) is 8.78 Å². The van der Waals surface area contributed by atoms with E-state index in [1.54, 1.807) is 24.3 Å². The van der Waals surface area contributed by atoms with Crippen LogP contribution >= 0.6 is 11.8 Å². The van der Waals surface area contributed by atoms with Gasteiger partial charge in [0.15, 0.2) is 0 Å². The summed E-state index contributed by atoms with van der Waals surface area (Å²) in [6.07, 6.45) is 0. The van der Waals surface area contributed by atoms with Crippen LogP contribution in [0.2, 0.25) is 0 Å². The SMILES string of the molecule is Cc1ccc(F)cc1N1C(=O)CSC1c1ccccc1F. The predicted octanol–water partition coefficient (Wildman–Crippen LogP) is 4.05. The first-order valence-electron chi connectivity index (χ1n) is 6.52. The lowest BCUT2D eigenvalue weighted by molar-refractivity contribution is -0.115. The van der Waals surface area contributed by atoms with Gasteiger partial charge in [-0.1, -0.05) is 24.3 Å². The van der Waals surface area contributed by atoms with Gasteiger partial charge in [0.1, 0.15) is 17.0 Å². The summed E-state index contributed by atoms with van der Waals surface area (Å²) in [5.74, 6) is -0.645. The van der Waals surface area contributed by atoms with E-state index in [4.69, 9.17) is 0 Å². The lowest BCUT2D eigenvalue weighted by Gasteiger charge is -2.26. The first-order chi connectivity index (χ1) is 10.1. The highest BCUT2D eigenvalue weighted by Crippen LogP contribution is 2.43. The fraction of sp³-hybridized carbons (Fsp3) is 0.188. The highest BCUT2D eigenvalue weighted by Gasteiger charge is 2.36. The molecule has 1 atom stereocenters. The van der Waals surface area contributed by atoms with Crippen LogP contribution in [0.15, 0.2) is 42.5 Å². The molecule has 0 radical (unpaired) electrons. The second-order valence-electron chi connectivity index (χ2n) is 4.88. The molecule has 1 aliphatic heterocycles. The Kier molecular flexibility index (Phi) is 3.68. The van der Waals surface area contributed by atoms with Crippen molar-refractivity contribution in [2.75, 3.05) is 10.7 Å². The topological polar surface area (TPSA) is 20.3 Å². The molecule has 0 aliphatic carbocycles. The number of rotatable bonds is 2. The zero-order valence-electron chi connectivity index (χ0n) is 11.3. The first-order valence-corrected chi connectivity index (χ1v) is 7.57. The molecule has 2 aromatic rings. The minimum Gasteiger partial charge on any atom is -0.295 e. The van der Waals surface area contributed by atoms with Crippen LogP contribution in [0.1, 0.15) is 16.5 Å². The standard InChI is InChI=1S/C16H13F2NOS/c1-10-6-7-11(17)8-14(10)19-15(20)9-21-16(19)12-4-2-3-5-13(12)18/h2-8,16H,9H2,1H3. The second kappa shape index (κ2) is 5.48. The zero-order chi connectivity index (χ0) is 15.0. The van der Waals surface area contributed by atoms with E-state index in [0.29, 0.717) is 11.3 Å². The van der Waals surface area contributed by atoms with Gasteiger partial charge in [-0.05, 0) is 30.7 Å². The number of carbonyl (C=O) groups excluding carboxylic acids is 1. The van der Waals surface area contributed by atoms with Gasteiger partial charge in [-0.15, -0.1) is 11.8 Å².